The first-order valence-electron chi connectivity index (χ1n) is 10.8. The third kappa shape index (κ3) is 4.85. The van der Waals surface area contributed by atoms with Gasteiger partial charge in [0.1, 0.15) is 0 Å². The zero-order valence-corrected chi connectivity index (χ0v) is 17.9. The number of anilines is 1. The smallest absolute Gasteiger partial charge is 0.255 e. The normalized spacial score (nSPS) is 19.6. The number of carbonyl (C=O) groups excluding carboxylic acids is 2. The van der Waals surface area contributed by atoms with Gasteiger partial charge in [-0.1, -0.05) is 41.9 Å². The molecule has 0 saturated carbocycles. The summed E-state index contributed by atoms with van der Waals surface area (Å²) in [6, 6.07) is 15.2. The third-order valence-electron chi connectivity index (χ3n) is 6.04. The van der Waals surface area contributed by atoms with E-state index in [1.807, 2.05) is 47.4 Å². The molecule has 0 bridgehead atoms. The van der Waals surface area contributed by atoms with E-state index in [-0.39, 0.29) is 17.7 Å². The Morgan fingerprint density at radius 2 is 1.70 bits per heavy atom. The summed E-state index contributed by atoms with van der Waals surface area (Å²) >= 11 is 6.31. The second kappa shape index (κ2) is 9.63. The highest BCUT2D eigenvalue weighted by Gasteiger charge is 2.28. The van der Waals surface area contributed by atoms with Crippen LogP contribution in [0.1, 0.15) is 41.6 Å². The molecule has 2 aliphatic heterocycles. The lowest BCUT2D eigenvalue weighted by Gasteiger charge is -2.32. The number of benzene rings is 2. The molecule has 0 unspecified atom stereocenters. The number of hydrogen-bond donors (Lipinski definition) is 1. The van der Waals surface area contributed by atoms with E-state index in [0.29, 0.717) is 17.8 Å². The number of amides is 2. The molecule has 0 spiro atoms. The van der Waals surface area contributed by atoms with Gasteiger partial charge in [-0.3, -0.25) is 14.5 Å². The number of nitrogens with one attached hydrogen (secondary N) is 1. The van der Waals surface area contributed by atoms with E-state index >= 15 is 0 Å². The molecular weight excluding hydrogens is 398 g/mol. The predicted molar refractivity (Wildman–Crippen MR) is 120 cm³/mol. The molecule has 1 atom stereocenters. The monoisotopic (exact) mass is 425 g/mol. The van der Waals surface area contributed by atoms with Crippen LogP contribution in [0.3, 0.4) is 0 Å². The van der Waals surface area contributed by atoms with E-state index in [0.717, 1.165) is 62.4 Å². The van der Waals surface area contributed by atoms with E-state index < -0.39 is 0 Å². The van der Waals surface area contributed by atoms with Crippen LogP contribution in [0, 0.1) is 5.92 Å². The Hall–Kier alpha value is -2.37. The molecule has 2 amide bonds. The number of likely N-dealkylation sites (tertiary alicyclic amines) is 2. The Bertz CT molecular complexity index is 911. The molecule has 0 aromatic heterocycles. The van der Waals surface area contributed by atoms with Crippen molar-refractivity contribution in [2.75, 3.05) is 31.5 Å². The third-order valence-corrected chi connectivity index (χ3v) is 6.41. The molecule has 2 heterocycles. The summed E-state index contributed by atoms with van der Waals surface area (Å²) in [6.07, 6.45) is 3.91. The number of piperidine rings is 1. The molecule has 6 heteroatoms. The van der Waals surface area contributed by atoms with Crippen LogP contribution in [-0.2, 0) is 11.3 Å². The van der Waals surface area contributed by atoms with E-state index in [1.165, 1.54) is 0 Å². The summed E-state index contributed by atoms with van der Waals surface area (Å²) in [5.41, 5.74) is 2.28. The highest BCUT2D eigenvalue weighted by Crippen LogP contribution is 2.25. The fourth-order valence-corrected chi connectivity index (χ4v) is 4.58. The molecule has 0 aliphatic carbocycles. The van der Waals surface area contributed by atoms with E-state index in [1.54, 1.807) is 6.07 Å². The van der Waals surface area contributed by atoms with Gasteiger partial charge >= 0.3 is 0 Å². The fourth-order valence-electron chi connectivity index (χ4n) is 4.38. The Balaban J connectivity index is 1.41. The molecule has 2 aliphatic rings. The fraction of sp³-hybridized carbons (Fsp3) is 0.417. The minimum atomic E-state index is -0.101. The second-order valence-electron chi connectivity index (χ2n) is 8.20. The van der Waals surface area contributed by atoms with Gasteiger partial charge in [0.15, 0.2) is 0 Å². The van der Waals surface area contributed by atoms with E-state index in [4.69, 9.17) is 11.6 Å². The van der Waals surface area contributed by atoms with Gasteiger partial charge in [-0.2, -0.15) is 0 Å². The number of nitrogens with zero attached hydrogens (tertiary/aromatic N) is 2. The summed E-state index contributed by atoms with van der Waals surface area (Å²) in [5.74, 6) is -0.107. The molecule has 5 nitrogen and oxygen atoms in total. The van der Waals surface area contributed by atoms with Crippen LogP contribution in [0.4, 0.5) is 5.69 Å². The zero-order valence-electron chi connectivity index (χ0n) is 17.1. The Labute approximate surface area is 183 Å². The quantitative estimate of drug-likeness (QED) is 0.771. The number of hydrogen-bond acceptors (Lipinski definition) is 3. The van der Waals surface area contributed by atoms with Crippen molar-refractivity contribution in [1.29, 1.82) is 0 Å². The van der Waals surface area contributed by atoms with Crippen LogP contribution in [0.25, 0.3) is 0 Å². The second-order valence-corrected chi connectivity index (χ2v) is 8.61. The van der Waals surface area contributed by atoms with E-state index in [9.17, 15) is 9.59 Å². The molecule has 4 rings (SSSR count). The topological polar surface area (TPSA) is 52.7 Å². The Morgan fingerprint density at radius 3 is 2.50 bits per heavy atom. The molecule has 158 valence electrons. The lowest BCUT2D eigenvalue weighted by Crippen LogP contribution is -2.40. The number of rotatable bonds is 5. The summed E-state index contributed by atoms with van der Waals surface area (Å²) in [7, 11) is 0. The number of halogens is 1. The van der Waals surface area contributed by atoms with Crippen molar-refractivity contribution >= 4 is 29.1 Å². The molecule has 2 fully saturated rings. The minimum Gasteiger partial charge on any atom is -0.339 e. The van der Waals surface area contributed by atoms with E-state index in [2.05, 4.69) is 10.2 Å². The van der Waals surface area contributed by atoms with Crippen molar-refractivity contribution in [3.8, 4) is 0 Å². The van der Waals surface area contributed by atoms with Crippen molar-refractivity contribution in [3.63, 3.8) is 0 Å². The SMILES string of the molecule is O=C(Nc1ccccc1C(=O)N1CCCC1)[C@@H]1CCCN(Cc2ccccc2Cl)C1. The van der Waals surface area contributed by atoms with Crippen LogP contribution in [0.2, 0.25) is 5.02 Å². The largest absolute Gasteiger partial charge is 0.339 e. The predicted octanol–water partition coefficient (Wildman–Crippen LogP) is 4.43. The maximum atomic E-state index is 13.0. The summed E-state index contributed by atoms with van der Waals surface area (Å²) in [5, 5.41) is 3.80. The van der Waals surface area contributed by atoms with Crippen molar-refractivity contribution in [1.82, 2.24) is 9.80 Å². The lowest BCUT2D eigenvalue weighted by atomic mass is 9.96. The summed E-state index contributed by atoms with van der Waals surface area (Å²) < 4.78 is 0. The van der Waals surface area contributed by atoms with Gasteiger partial charge in [-0.25, -0.2) is 0 Å². The van der Waals surface area contributed by atoms with Crippen LogP contribution in [-0.4, -0.2) is 47.8 Å². The molecule has 30 heavy (non-hydrogen) atoms. The molecule has 2 aromatic rings. The summed E-state index contributed by atoms with van der Waals surface area (Å²) in [4.78, 5) is 30.1. The Kier molecular flexibility index (Phi) is 6.70. The molecule has 2 aromatic carbocycles. The van der Waals surface area contributed by atoms with Gasteiger partial charge in [0.25, 0.3) is 5.91 Å². The molecule has 0 radical (unpaired) electrons. The zero-order chi connectivity index (χ0) is 20.9. The van der Waals surface area contributed by atoms with Crippen molar-refractivity contribution in [2.45, 2.75) is 32.2 Å². The lowest BCUT2D eigenvalue weighted by molar-refractivity contribution is -0.121. The molecule has 1 N–H and O–H groups in total. The highest BCUT2D eigenvalue weighted by atomic mass is 35.5. The van der Waals surface area contributed by atoms with Gasteiger partial charge in [0.05, 0.1) is 17.2 Å². The first kappa shape index (κ1) is 20.9. The molecular formula is C24H28ClN3O2. The van der Waals surface area contributed by atoms with Gasteiger partial charge in [0, 0.05) is 31.2 Å². The standard InChI is InChI=1S/C24H28ClN3O2/c25-21-11-3-1-8-18(21)16-27-13-7-9-19(17-27)23(29)26-22-12-4-2-10-20(22)24(30)28-14-5-6-15-28/h1-4,8,10-12,19H,5-7,9,13-17H2,(H,26,29)/t19-/m1/s1. The van der Waals surface area contributed by atoms with Gasteiger partial charge in [-0.15, -0.1) is 0 Å². The van der Waals surface area contributed by atoms with Gasteiger partial charge < -0.3 is 10.2 Å². The first-order valence-corrected chi connectivity index (χ1v) is 11.1. The van der Waals surface area contributed by atoms with Gasteiger partial charge in [-0.05, 0) is 56.0 Å². The van der Waals surface area contributed by atoms with Crippen molar-refractivity contribution in [2.24, 2.45) is 5.92 Å². The Morgan fingerprint density at radius 1 is 0.967 bits per heavy atom. The van der Waals surface area contributed by atoms with Crippen molar-refractivity contribution < 1.29 is 9.59 Å². The van der Waals surface area contributed by atoms with Crippen molar-refractivity contribution in [3.05, 3.63) is 64.7 Å². The molecule has 2 saturated heterocycles. The average Bonchev–Trinajstić information content (AvgIpc) is 3.30. The summed E-state index contributed by atoms with van der Waals surface area (Å²) in [6.45, 7) is 3.98. The average molecular weight is 426 g/mol. The maximum Gasteiger partial charge on any atom is 0.255 e. The van der Waals surface area contributed by atoms with Crippen LogP contribution in [0.15, 0.2) is 48.5 Å². The first-order chi connectivity index (χ1) is 14.6. The maximum absolute atomic E-state index is 13.0. The number of carbonyl (C=O) groups is 2. The number of para-hydroxylation sites is 1. The van der Waals surface area contributed by atoms with Gasteiger partial charge in [0.2, 0.25) is 5.91 Å². The van der Waals surface area contributed by atoms with Crippen LogP contribution >= 0.6 is 11.6 Å². The van der Waals surface area contributed by atoms with Crippen LogP contribution < -0.4 is 5.32 Å². The highest BCUT2D eigenvalue weighted by molar-refractivity contribution is 6.31. The minimum absolute atomic E-state index is 0.00684. The van der Waals surface area contributed by atoms with Crippen LogP contribution in [0.5, 0.6) is 0 Å².